The van der Waals surface area contributed by atoms with Crippen molar-refractivity contribution in [2.24, 2.45) is 0 Å². The molecule has 0 spiro atoms. The fourth-order valence-electron chi connectivity index (χ4n) is 11.1. The van der Waals surface area contributed by atoms with Crippen LogP contribution in [0.5, 0.6) is 23.0 Å². The quantitative estimate of drug-likeness (QED) is 0.156. The van der Waals surface area contributed by atoms with Crippen molar-refractivity contribution < 1.29 is 9.47 Å². The van der Waals surface area contributed by atoms with E-state index in [-0.39, 0.29) is 0 Å². The summed E-state index contributed by atoms with van der Waals surface area (Å²) in [6, 6.07) is 83.1. The second kappa shape index (κ2) is 15.4. The molecule has 1 aromatic heterocycles. The minimum absolute atomic E-state index is 0.556. The number of nitrogens with zero attached hydrogens (tertiary/aromatic N) is 3. The van der Waals surface area contributed by atoms with Crippen LogP contribution >= 0.6 is 0 Å². The van der Waals surface area contributed by atoms with E-state index < -0.39 is 5.41 Å². The Kier molecular flexibility index (Phi) is 8.73. The molecule has 5 nitrogen and oxygen atoms in total. The molecular weight excluding hydrogens is 843 g/mol. The van der Waals surface area contributed by atoms with E-state index in [1.165, 1.54) is 49.2 Å². The van der Waals surface area contributed by atoms with Gasteiger partial charge in [-0.3, -0.25) is 0 Å². The van der Waals surface area contributed by atoms with Gasteiger partial charge in [0.15, 0.2) is 40.5 Å². The predicted molar refractivity (Wildman–Crippen MR) is 278 cm³/mol. The van der Waals surface area contributed by atoms with Gasteiger partial charge in [-0.25, -0.2) is 15.0 Å². The molecule has 0 amide bonds. The van der Waals surface area contributed by atoms with Crippen LogP contribution in [0.25, 0.3) is 88.7 Å². The number of para-hydroxylation sites is 1. The van der Waals surface area contributed by atoms with Crippen LogP contribution in [0.4, 0.5) is 0 Å². The molecule has 1 aliphatic heterocycles. The van der Waals surface area contributed by atoms with Crippen LogP contribution in [0, 0.1) is 0 Å². The number of rotatable bonds is 6. The van der Waals surface area contributed by atoms with Gasteiger partial charge in [-0.2, -0.15) is 0 Å². The van der Waals surface area contributed by atoms with Gasteiger partial charge in [0, 0.05) is 22.3 Å². The third-order valence-electron chi connectivity index (χ3n) is 14.1. The second-order valence-corrected chi connectivity index (χ2v) is 17.8. The zero-order valence-electron chi connectivity index (χ0n) is 37.2. The second-order valence-electron chi connectivity index (χ2n) is 17.8. The van der Waals surface area contributed by atoms with Gasteiger partial charge in [0.2, 0.25) is 0 Å². The van der Waals surface area contributed by atoms with Crippen molar-refractivity contribution in [3.05, 3.63) is 259 Å². The zero-order chi connectivity index (χ0) is 45.5. The number of benzene rings is 11. The van der Waals surface area contributed by atoms with Crippen molar-refractivity contribution in [2.75, 3.05) is 0 Å². The molecule has 322 valence electrons. The van der Waals surface area contributed by atoms with E-state index in [0.29, 0.717) is 40.5 Å². The van der Waals surface area contributed by atoms with E-state index in [0.717, 1.165) is 44.3 Å². The lowest BCUT2D eigenvalue weighted by molar-refractivity contribution is 0.360. The van der Waals surface area contributed by atoms with Gasteiger partial charge >= 0.3 is 0 Å². The smallest absolute Gasteiger partial charge is 0.177 e. The fraction of sp³-hybridized carbons (Fsp3) is 0.0156. The highest BCUT2D eigenvalue weighted by Crippen LogP contribution is 2.60. The topological polar surface area (TPSA) is 57.1 Å². The Morgan fingerprint density at radius 1 is 0.275 bits per heavy atom. The summed E-state index contributed by atoms with van der Waals surface area (Å²) in [5, 5.41) is 7.20. The summed E-state index contributed by atoms with van der Waals surface area (Å²) in [5.41, 5.74) is 10.9. The molecule has 0 saturated carbocycles. The molecule has 0 bridgehead atoms. The van der Waals surface area contributed by atoms with Gasteiger partial charge in [-0.1, -0.05) is 212 Å². The number of aromatic nitrogens is 3. The molecule has 0 radical (unpaired) electrons. The molecule has 5 heteroatoms. The fourth-order valence-corrected chi connectivity index (χ4v) is 11.1. The van der Waals surface area contributed by atoms with E-state index in [1.54, 1.807) is 0 Å². The van der Waals surface area contributed by atoms with Crippen molar-refractivity contribution in [1.29, 1.82) is 0 Å². The average molecular weight is 882 g/mol. The first-order valence-electron chi connectivity index (χ1n) is 23.3. The van der Waals surface area contributed by atoms with Crippen LogP contribution in [-0.2, 0) is 5.41 Å². The maximum absolute atomic E-state index is 7.09. The molecule has 0 saturated heterocycles. The van der Waals surface area contributed by atoms with E-state index >= 15 is 0 Å². The van der Waals surface area contributed by atoms with E-state index in [9.17, 15) is 0 Å². The SMILES string of the molecule is c1ccc(-c2nc(-c3ccc4c5ccccc5c5ccccc5c4c3)nc(-c3ccccc3-c3cccc4c3Oc3cc5c(cc3O4)C(c3ccccc3)(c3ccccc3)c3ccccc3-5)n2)cc1. The van der Waals surface area contributed by atoms with Crippen LogP contribution in [0.2, 0.25) is 0 Å². The van der Waals surface area contributed by atoms with Crippen molar-refractivity contribution in [1.82, 2.24) is 15.0 Å². The molecule has 0 atom stereocenters. The molecule has 0 fully saturated rings. The van der Waals surface area contributed by atoms with Gasteiger partial charge in [0.05, 0.1) is 5.41 Å². The summed E-state index contributed by atoms with van der Waals surface area (Å²) >= 11 is 0. The molecule has 14 rings (SSSR count). The summed E-state index contributed by atoms with van der Waals surface area (Å²) in [5.74, 6) is 4.33. The van der Waals surface area contributed by atoms with Crippen LogP contribution in [0.3, 0.4) is 0 Å². The van der Waals surface area contributed by atoms with E-state index in [2.05, 4.69) is 182 Å². The molecule has 0 unspecified atom stereocenters. The highest BCUT2D eigenvalue weighted by Gasteiger charge is 2.47. The van der Waals surface area contributed by atoms with Gasteiger partial charge in [-0.05, 0) is 95.5 Å². The minimum atomic E-state index is -0.565. The molecule has 69 heavy (non-hydrogen) atoms. The first-order valence-corrected chi connectivity index (χ1v) is 23.3. The average Bonchev–Trinajstić information content (AvgIpc) is 3.71. The highest BCUT2D eigenvalue weighted by molar-refractivity contribution is 6.25. The summed E-state index contributed by atoms with van der Waals surface area (Å²) in [7, 11) is 0. The highest BCUT2D eigenvalue weighted by atomic mass is 16.6. The molecular formula is C64H39N3O2. The maximum Gasteiger partial charge on any atom is 0.177 e. The monoisotopic (exact) mass is 881 g/mol. The Hall–Kier alpha value is -9.19. The van der Waals surface area contributed by atoms with Crippen molar-refractivity contribution in [2.45, 2.75) is 5.41 Å². The molecule has 0 N–H and O–H groups in total. The van der Waals surface area contributed by atoms with E-state index in [4.69, 9.17) is 24.4 Å². The largest absolute Gasteiger partial charge is 0.449 e. The first-order chi connectivity index (χ1) is 34.2. The van der Waals surface area contributed by atoms with E-state index in [1.807, 2.05) is 54.6 Å². The number of hydrogen-bond acceptors (Lipinski definition) is 5. The van der Waals surface area contributed by atoms with Crippen molar-refractivity contribution in [3.8, 4) is 79.4 Å². The third-order valence-corrected chi connectivity index (χ3v) is 14.1. The van der Waals surface area contributed by atoms with Crippen LogP contribution in [0.15, 0.2) is 237 Å². The molecule has 2 heterocycles. The molecule has 1 aliphatic carbocycles. The van der Waals surface area contributed by atoms with Gasteiger partial charge in [0.1, 0.15) is 0 Å². The minimum Gasteiger partial charge on any atom is -0.449 e. The standard InChI is InChI=1S/C64H39N3O2/c1-4-19-40(20-5-1)61-65-62(41-35-36-49-46-27-11-10-25-44(46)45-26-12-13-28-47(45)53(49)37-41)67-63(66-61)52-31-15-14-29-48(52)51-32-18-34-57-60(51)69-58-38-54-50-30-16-17-33-55(50)64(42-21-6-2-7-22-42,43-23-8-3-9-24-43)56(54)39-59(58)68-57/h1-39H. The molecule has 2 aliphatic rings. The van der Waals surface area contributed by atoms with Crippen LogP contribution in [0.1, 0.15) is 22.3 Å². The number of hydrogen-bond donors (Lipinski definition) is 0. The Bertz CT molecular complexity index is 3950. The molecule has 12 aromatic rings. The van der Waals surface area contributed by atoms with Crippen molar-refractivity contribution in [3.63, 3.8) is 0 Å². The molecule has 11 aromatic carbocycles. The van der Waals surface area contributed by atoms with Crippen LogP contribution in [-0.4, -0.2) is 15.0 Å². The summed E-state index contributed by atoms with van der Waals surface area (Å²) in [6.07, 6.45) is 0. The normalized spacial score (nSPS) is 13.0. The lowest BCUT2D eigenvalue weighted by Crippen LogP contribution is -2.28. The van der Waals surface area contributed by atoms with Gasteiger partial charge in [0.25, 0.3) is 0 Å². The summed E-state index contributed by atoms with van der Waals surface area (Å²) in [6.45, 7) is 0. The number of fused-ring (bicyclic) bond motifs is 11. The van der Waals surface area contributed by atoms with Crippen molar-refractivity contribution >= 4 is 32.3 Å². The predicted octanol–water partition coefficient (Wildman–Crippen LogP) is 16.3. The van der Waals surface area contributed by atoms with Gasteiger partial charge < -0.3 is 9.47 Å². The van der Waals surface area contributed by atoms with Gasteiger partial charge in [-0.15, -0.1) is 0 Å². The van der Waals surface area contributed by atoms with Crippen LogP contribution < -0.4 is 9.47 Å². The Balaban J connectivity index is 0.915. The maximum atomic E-state index is 7.09. The summed E-state index contributed by atoms with van der Waals surface area (Å²) in [4.78, 5) is 15.7. The zero-order valence-corrected chi connectivity index (χ0v) is 37.2. The third kappa shape index (κ3) is 6.00. The Morgan fingerprint density at radius 3 is 1.46 bits per heavy atom. The Labute approximate surface area is 398 Å². The first kappa shape index (κ1) is 39.0. The lowest BCUT2D eigenvalue weighted by atomic mass is 9.67. The lowest BCUT2D eigenvalue weighted by Gasteiger charge is -2.34. The Morgan fingerprint density at radius 2 is 0.783 bits per heavy atom. The number of ether oxygens (including phenoxy) is 2. The summed E-state index contributed by atoms with van der Waals surface area (Å²) < 4.78 is 14.0.